The third-order valence-electron chi connectivity index (χ3n) is 3.64. The van der Waals surface area contributed by atoms with Crippen molar-refractivity contribution >= 4 is 5.78 Å². The molecule has 0 aliphatic heterocycles. The Morgan fingerprint density at radius 1 is 1.06 bits per heavy atom. The predicted molar refractivity (Wildman–Crippen MR) is 64.1 cm³/mol. The minimum Gasteiger partial charge on any atom is -0.295 e. The van der Waals surface area contributed by atoms with E-state index in [1.54, 1.807) is 0 Å². The van der Waals surface area contributed by atoms with Gasteiger partial charge in [-0.25, -0.2) is 0 Å². The Hall–Kier alpha value is -1.63. The second-order valence-electron chi connectivity index (χ2n) is 4.54. The number of Topliss-reactive ketones (excluding diaryl/α,β-unsaturated/α-hetero) is 1. The number of hydrogen-bond donors (Lipinski definition) is 0. The lowest BCUT2D eigenvalue weighted by Crippen LogP contribution is -2.08. The lowest BCUT2D eigenvalue weighted by molar-refractivity contribution is -0.114. The van der Waals surface area contributed by atoms with E-state index < -0.39 is 0 Å². The summed E-state index contributed by atoms with van der Waals surface area (Å²) in [5.74, 6) is 1.15. The first-order chi connectivity index (χ1) is 7.86. The molecule has 0 heterocycles. The average Bonchev–Trinajstić information content (AvgIpc) is 2.69. The zero-order valence-corrected chi connectivity index (χ0v) is 9.10. The van der Waals surface area contributed by atoms with Crippen LogP contribution in [0.15, 0.2) is 54.1 Å². The molecule has 2 atom stereocenters. The fourth-order valence-electron chi connectivity index (χ4n) is 2.84. The van der Waals surface area contributed by atoms with E-state index in [0.29, 0.717) is 24.0 Å². The molecule has 2 aliphatic rings. The first-order valence-electron chi connectivity index (χ1n) is 5.81. The van der Waals surface area contributed by atoms with E-state index in [1.807, 2.05) is 18.2 Å². The van der Waals surface area contributed by atoms with Crippen LogP contribution in [0.5, 0.6) is 0 Å². The maximum atomic E-state index is 11.9. The number of ketones is 1. The Morgan fingerprint density at radius 3 is 2.69 bits per heavy atom. The molecule has 0 aromatic heterocycles. The lowest BCUT2D eigenvalue weighted by atomic mass is 9.83. The van der Waals surface area contributed by atoms with Gasteiger partial charge in [-0.1, -0.05) is 48.6 Å². The zero-order chi connectivity index (χ0) is 11.0. The van der Waals surface area contributed by atoms with Crippen LogP contribution < -0.4 is 0 Å². The monoisotopic (exact) mass is 210 g/mol. The van der Waals surface area contributed by atoms with Gasteiger partial charge in [0.1, 0.15) is 0 Å². The van der Waals surface area contributed by atoms with Gasteiger partial charge in [0.15, 0.2) is 5.78 Å². The Labute approximate surface area is 95.5 Å². The van der Waals surface area contributed by atoms with Gasteiger partial charge in [-0.05, 0) is 29.4 Å². The summed E-state index contributed by atoms with van der Waals surface area (Å²) in [6.07, 6.45) is 7.87. The molecule has 1 saturated carbocycles. The van der Waals surface area contributed by atoms with E-state index >= 15 is 0 Å². The summed E-state index contributed by atoms with van der Waals surface area (Å²) in [4.78, 5) is 11.9. The molecule has 1 aromatic carbocycles. The number of carbonyl (C=O) groups is 1. The largest absolute Gasteiger partial charge is 0.295 e. The number of benzene rings is 1. The summed E-state index contributed by atoms with van der Waals surface area (Å²) in [5, 5.41) is 0. The van der Waals surface area contributed by atoms with Gasteiger partial charge in [0.2, 0.25) is 0 Å². The van der Waals surface area contributed by atoms with E-state index in [0.717, 1.165) is 12.0 Å². The normalized spacial score (nSPS) is 27.8. The van der Waals surface area contributed by atoms with E-state index in [-0.39, 0.29) is 0 Å². The van der Waals surface area contributed by atoms with Crippen LogP contribution in [0.25, 0.3) is 0 Å². The van der Waals surface area contributed by atoms with Crippen LogP contribution in [0.1, 0.15) is 24.3 Å². The summed E-state index contributed by atoms with van der Waals surface area (Å²) in [6, 6.07) is 10.4. The Balaban J connectivity index is 1.97. The van der Waals surface area contributed by atoms with Crippen molar-refractivity contribution in [1.29, 1.82) is 0 Å². The van der Waals surface area contributed by atoms with Crippen LogP contribution in [0.2, 0.25) is 0 Å². The van der Waals surface area contributed by atoms with Gasteiger partial charge in [0.05, 0.1) is 0 Å². The van der Waals surface area contributed by atoms with Gasteiger partial charge in [0.25, 0.3) is 0 Å². The predicted octanol–water partition coefficient (Wildman–Crippen LogP) is 3.25. The van der Waals surface area contributed by atoms with Gasteiger partial charge in [-0.3, -0.25) is 4.79 Å². The first-order valence-corrected chi connectivity index (χ1v) is 5.81. The minimum absolute atomic E-state index is 0.336. The molecule has 0 saturated heterocycles. The number of rotatable bonds is 1. The van der Waals surface area contributed by atoms with E-state index in [1.165, 1.54) is 5.56 Å². The smallest absolute Gasteiger partial charge is 0.159 e. The summed E-state index contributed by atoms with van der Waals surface area (Å²) < 4.78 is 0. The molecule has 1 heteroatoms. The second kappa shape index (κ2) is 3.75. The van der Waals surface area contributed by atoms with Gasteiger partial charge in [-0.15, -0.1) is 0 Å². The molecule has 1 nitrogen and oxygen atoms in total. The van der Waals surface area contributed by atoms with Crippen molar-refractivity contribution in [1.82, 2.24) is 0 Å². The molecule has 16 heavy (non-hydrogen) atoms. The van der Waals surface area contributed by atoms with Crippen molar-refractivity contribution in [2.75, 3.05) is 0 Å². The van der Waals surface area contributed by atoms with Crippen molar-refractivity contribution in [2.45, 2.75) is 18.8 Å². The molecule has 0 spiro atoms. The molecular formula is C15H14O. The lowest BCUT2D eigenvalue weighted by Gasteiger charge is -2.20. The summed E-state index contributed by atoms with van der Waals surface area (Å²) >= 11 is 0. The molecule has 1 fully saturated rings. The second-order valence-corrected chi connectivity index (χ2v) is 4.54. The SMILES string of the molecule is O=C1CC(c2ccccc2)C2CC=CC=C12. The van der Waals surface area contributed by atoms with Gasteiger partial charge in [0, 0.05) is 6.42 Å². The van der Waals surface area contributed by atoms with Crippen molar-refractivity contribution in [2.24, 2.45) is 5.92 Å². The highest BCUT2D eigenvalue weighted by Crippen LogP contribution is 2.44. The molecule has 3 rings (SSSR count). The standard InChI is InChI=1S/C15H14O/c16-15-10-14(11-6-2-1-3-7-11)12-8-4-5-9-13(12)15/h1-7,9,12,14H,8,10H2. The van der Waals surface area contributed by atoms with Crippen LogP contribution in [0, 0.1) is 5.92 Å². The Bertz CT molecular complexity index is 467. The molecule has 2 aliphatic carbocycles. The zero-order valence-electron chi connectivity index (χ0n) is 9.10. The van der Waals surface area contributed by atoms with Crippen LogP contribution in [-0.2, 0) is 4.79 Å². The fraction of sp³-hybridized carbons (Fsp3) is 0.267. The van der Waals surface area contributed by atoms with Crippen molar-refractivity contribution in [3.05, 3.63) is 59.7 Å². The summed E-state index contributed by atoms with van der Waals surface area (Å²) in [6.45, 7) is 0. The number of allylic oxidation sites excluding steroid dienone is 4. The minimum atomic E-state index is 0.336. The Morgan fingerprint density at radius 2 is 1.88 bits per heavy atom. The molecule has 0 radical (unpaired) electrons. The quantitative estimate of drug-likeness (QED) is 0.695. The number of fused-ring (bicyclic) bond motifs is 1. The van der Waals surface area contributed by atoms with Crippen LogP contribution in [0.4, 0.5) is 0 Å². The first kappa shape index (κ1) is 9.59. The van der Waals surface area contributed by atoms with Crippen LogP contribution >= 0.6 is 0 Å². The highest BCUT2D eigenvalue weighted by molar-refractivity contribution is 5.99. The number of hydrogen-bond acceptors (Lipinski definition) is 1. The molecule has 0 amide bonds. The van der Waals surface area contributed by atoms with E-state index in [4.69, 9.17) is 0 Å². The highest BCUT2D eigenvalue weighted by Gasteiger charge is 2.38. The van der Waals surface area contributed by atoms with Gasteiger partial charge < -0.3 is 0 Å². The van der Waals surface area contributed by atoms with E-state index in [9.17, 15) is 4.79 Å². The van der Waals surface area contributed by atoms with Gasteiger partial charge in [-0.2, -0.15) is 0 Å². The van der Waals surface area contributed by atoms with Crippen LogP contribution in [0.3, 0.4) is 0 Å². The number of carbonyl (C=O) groups excluding carboxylic acids is 1. The average molecular weight is 210 g/mol. The maximum absolute atomic E-state index is 11.9. The summed E-state index contributed by atoms with van der Waals surface area (Å²) in [7, 11) is 0. The van der Waals surface area contributed by atoms with Crippen LogP contribution in [-0.4, -0.2) is 5.78 Å². The molecule has 2 unspecified atom stereocenters. The fourth-order valence-corrected chi connectivity index (χ4v) is 2.84. The topological polar surface area (TPSA) is 17.1 Å². The van der Waals surface area contributed by atoms with Crippen molar-refractivity contribution in [3.63, 3.8) is 0 Å². The van der Waals surface area contributed by atoms with E-state index in [2.05, 4.69) is 30.3 Å². The molecule has 1 aromatic rings. The highest BCUT2D eigenvalue weighted by atomic mass is 16.1. The Kier molecular flexibility index (Phi) is 2.24. The van der Waals surface area contributed by atoms with Gasteiger partial charge >= 0.3 is 0 Å². The third-order valence-corrected chi connectivity index (χ3v) is 3.64. The van der Waals surface area contributed by atoms with Crippen molar-refractivity contribution < 1.29 is 4.79 Å². The maximum Gasteiger partial charge on any atom is 0.159 e. The third kappa shape index (κ3) is 1.44. The summed E-state index contributed by atoms with van der Waals surface area (Å²) in [5.41, 5.74) is 2.34. The van der Waals surface area contributed by atoms with Crippen molar-refractivity contribution in [3.8, 4) is 0 Å². The molecule has 0 N–H and O–H groups in total. The molecular weight excluding hydrogens is 196 g/mol. The molecule has 0 bridgehead atoms. The molecule has 80 valence electrons.